The molecule has 0 bridgehead atoms. The summed E-state index contributed by atoms with van der Waals surface area (Å²) >= 11 is 6.01. The summed E-state index contributed by atoms with van der Waals surface area (Å²) in [5.41, 5.74) is 1.08. The summed E-state index contributed by atoms with van der Waals surface area (Å²) in [4.78, 5) is 17.2. The number of rotatable bonds is 6. The summed E-state index contributed by atoms with van der Waals surface area (Å²) < 4.78 is 46.3. The van der Waals surface area contributed by atoms with Gasteiger partial charge in [-0.1, -0.05) is 17.7 Å². The van der Waals surface area contributed by atoms with Gasteiger partial charge in [0.25, 0.3) is 0 Å². The monoisotopic (exact) mass is 509 g/mol. The standard InChI is InChI=1S/C24H29ClFN3O4S/c1-33-20-7-5-19(6-8-20)27-13-15-28(16-14-27)24(30)18-9-11-29(12-10-18)34(31,32)17-21-22(25)3-2-4-23(21)26/h2-8,18H,9-17H2,1H3. The van der Waals surface area contributed by atoms with Crippen LogP contribution in [-0.4, -0.2) is 69.9 Å². The molecule has 0 saturated carbocycles. The smallest absolute Gasteiger partial charge is 0.225 e. The largest absolute Gasteiger partial charge is 0.497 e. The lowest BCUT2D eigenvalue weighted by Crippen LogP contribution is -2.52. The van der Waals surface area contributed by atoms with E-state index in [0.717, 1.165) is 24.5 Å². The molecular formula is C24H29ClFN3O4S. The highest BCUT2D eigenvalue weighted by Crippen LogP contribution is 2.27. The van der Waals surface area contributed by atoms with Gasteiger partial charge < -0.3 is 14.5 Å². The highest BCUT2D eigenvalue weighted by Gasteiger charge is 2.34. The lowest BCUT2D eigenvalue weighted by molar-refractivity contribution is -0.137. The first-order chi connectivity index (χ1) is 16.3. The van der Waals surface area contributed by atoms with E-state index < -0.39 is 21.6 Å². The Bertz CT molecular complexity index is 1090. The maximum Gasteiger partial charge on any atom is 0.225 e. The van der Waals surface area contributed by atoms with E-state index in [1.54, 1.807) is 7.11 Å². The number of nitrogens with zero attached hydrogens (tertiary/aromatic N) is 3. The molecule has 0 unspecified atom stereocenters. The summed E-state index contributed by atoms with van der Waals surface area (Å²) in [7, 11) is -2.09. The van der Waals surface area contributed by atoms with Gasteiger partial charge in [-0.15, -0.1) is 0 Å². The molecule has 0 aliphatic carbocycles. The average molecular weight is 510 g/mol. The van der Waals surface area contributed by atoms with Crippen LogP contribution >= 0.6 is 11.6 Å². The number of ether oxygens (including phenoxy) is 1. The quantitative estimate of drug-likeness (QED) is 0.597. The van der Waals surface area contributed by atoms with Gasteiger partial charge in [-0.3, -0.25) is 4.79 Å². The Morgan fingerprint density at radius 1 is 1.03 bits per heavy atom. The zero-order valence-electron chi connectivity index (χ0n) is 19.1. The predicted molar refractivity (Wildman–Crippen MR) is 130 cm³/mol. The Kier molecular flexibility index (Phi) is 7.64. The average Bonchev–Trinajstić information content (AvgIpc) is 2.86. The molecule has 7 nitrogen and oxygen atoms in total. The van der Waals surface area contributed by atoms with E-state index in [4.69, 9.17) is 16.3 Å². The van der Waals surface area contributed by atoms with E-state index in [1.807, 2.05) is 29.2 Å². The van der Waals surface area contributed by atoms with Gasteiger partial charge in [-0.2, -0.15) is 0 Å². The number of methoxy groups -OCH3 is 1. The second-order valence-electron chi connectivity index (χ2n) is 8.64. The molecule has 2 aliphatic rings. The number of benzene rings is 2. The second-order valence-corrected chi connectivity index (χ2v) is 11.0. The molecule has 2 aliphatic heterocycles. The SMILES string of the molecule is COc1ccc(N2CCN(C(=O)C3CCN(S(=O)(=O)Cc4c(F)cccc4Cl)CC3)CC2)cc1. The number of carbonyl (C=O) groups is 1. The van der Waals surface area contributed by atoms with Crippen LogP contribution in [0.25, 0.3) is 0 Å². The summed E-state index contributed by atoms with van der Waals surface area (Å²) in [5, 5.41) is 0.0995. The number of carbonyl (C=O) groups excluding carboxylic acids is 1. The minimum atomic E-state index is -3.73. The molecule has 4 rings (SSSR count). The lowest BCUT2D eigenvalue weighted by Gasteiger charge is -2.39. The van der Waals surface area contributed by atoms with E-state index in [1.165, 1.54) is 22.5 Å². The van der Waals surface area contributed by atoms with Crippen LogP contribution in [0.1, 0.15) is 18.4 Å². The van der Waals surface area contributed by atoms with Gasteiger partial charge in [-0.25, -0.2) is 17.1 Å². The molecule has 0 atom stereocenters. The molecule has 2 saturated heterocycles. The van der Waals surface area contributed by atoms with Crippen LogP contribution in [0.15, 0.2) is 42.5 Å². The van der Waals surface area contributed by atoms with E-state index in [-0.39, 0.29) is 35.5 Å². The summed E-state index contributed by atoms with van der Waals surface area (Å²) in [6.45, 7) is 3.25. The molecule has 2 heterocycles. The first kappa shape index (κ1) is 24.8. The fourth-order valence-electron chi connectivity index (χ4n) is 4.56. The van der Waals surface area contributed by atoms with Crippen molar-refractivity contribution in [3.05, 3.63) is 58.9 Å². The number of hydrogen-bond donors (Lipinski definition) is 0. The molecule has 0 N–H and O–H groups in total. The molecule has 10 heteroatoms. The van der Waals surface area contributed by atoms with Crippen molar-refractivity contribution in [2.45, 2.75) is 18.6 Å². The van der Waals surface area contributed by atoms with Crippen molar-refractivity contribution in [1.82, 2.24) is 9.21 Å². The number of anilines is 1. The van der Waals surface area contributed by atoms with Crippen LogP contribution in [0.5, 0.6) is 5.75 Å². The predicted octanol–water partition coefficient (Wildman–Crippen LogP) is 3.38. The van der Waals surface area contributed by atoms with E-state index in [0.29, 0.717) is 25.9 Å². The van der Waals surface area contributed by atoms with Crippen LogP contribution < -0.4 is 9.64 Å². The fourth-order valence-corrected chi connectivity index (χ4v) is 6.48. The second kappa shape index (κ2) is 10.5. The number of halogens is 2. The normalized spacial score (nSPS) is 18.2. The third-order valence-electron chi connectivity index (χ3n) is 6.61. The van der Waals surface area contributed by atoms with Gasteiger partial charge in [0, 0.05) is 61.5 Å². The summed E-state index contributed by atoms with van der Waals surface area (Å²) in [6, 6.07) is 12.0. The van der Waals surface area contributed by atoms with Crippen molar-refractivity contribution >= 4 is 33.2 Å². The zero-order chi connectivity index (χ0) is 24.3. The maximum absolute atomic E-state index is 14.1. The van der Waals surface area contributed by atoms with Gasteiger partial charge in [0.05, 0.1) is 12.9 Å². The fraction of sp³-hybridized carbons (Fsp3) is 0.458. The van der Waals surface area contributed by atoms with Gasteiger partial charge in [0.1, 0.15) is 11.6 Å². The van der Waals surface area contributed by atoms with Crippen molar-refractivity contribution < 1.29 is 22.3 Å². The molecule has 2 aromatic rings. The summed E-state index contributed by atoms with van der Waals surface area (Å²) in [5.74, 6) is -0.415. The Morgan fingerprint density at radius 2 is 1.68 bits per heavy atom. The van der Waals surface area contributed by atoms with Gasteiger partial charge in [-0.05, 0) is 49.2 Å². The molecule has 2 fully saturated rings. The Hall–Kier alpha value is -2.36. The van der Waals surface area contributed by atoms with Crippen molar-refractivity contribution in [1.29, 1.82) is 0 Å². The van der Waals surface area contributed by atoms with Crippen LogP contribution in [0.2, 0.25) is 5.02 Å². The van der Waals surface area contributed by atoms with E-state index in [9.17, 15) is 17.6 Å². The number of sulfonamides is 1. The molecule has 2 aromatic carbocycles. The molecular weight excluding hydrogens is 481 g/mol. The first-order valence-electron chi connectivity index (χ1n) is 11.4. The van der Waals surface area contributed by atoms with Crippen molar-refractivity contribution in [2.75, 3.05) is 51.3 Å². The molecule has 0 radical (unpaired) electrons. The Labute approximate surface area is 205 Å². The van der Waals surface area contributed by atoms with Gasteiger partial charge in [0.15, 0.2) is 0 Å². The number of piperazine rings is 1. The Balaban J connectivity index is 1.29. The minimum Gasteiger partial charge on any atom is -0.497 e. The van der Waals surface area contributed by atoms with Crippen molar-refractivity contribution in [3.63, 3.8) is 0 Å². The number of piperidine rings is 1. The molecule has 184 valence electrons. The number of amides is 1. The van der Waals surface area contributed by atoms with Crippen molar-refractivity contribution in [3.8, 4) is 5.75 Å². The zero-order valence-corrected chi connectivity index (χ0v) is 20.7. The van der Waals surface area contributed by atoms with Crippen LogP contribution in [0.3, 0.4) is 0 Å². The lowest BCUT2D eigenvalue weighted by atomic mass is 9.96. The van der Waals surface area contributed by atoms with E-state index in [2.05, 4.69) is 4.90 Å². The minimum absolute atomic E-state index is 0.0166. The third-order valence-corrected chi connectivity index (χ3v) is 8.77. The third kappa shape index (κ3) is 5.47. The first-order valence-corrected chi connectivity index (χ1v) is 13.4. The van der Waals surface area contributed by atoms with Crippen molar-refractivity contribution in [2.24, 2.45) is 5.92 Å². The van der Waals surface area contributed by atoms with Gasteiger partial charge >= 0.3 is 0 Å². The van der Waals surface area contributed by atoms with Crippen LogP contribution in [0, 0.1) is 11.7 Å². The molecule has 34 heavy (non-hydrogen) atoms. The van der Waals surface area contributed by atoms with Crippen LogP contribution in [0.4, 0.5) is 10.1 Å². The highest BCUT2D eigenvalue weighted by molar-refractivity contribution is 7.88. The summed E-state index contributed by atoms with van der Waals surface area (Å²) in [6.07, 6.45) is 0.920. The molecule has 0 aromatic heterocycles. The van der Waals surface area contributed by atoms with E-state index >= 15 is 0 Å². The molecule has 1 amide bonds. The topological polar surface area (TPSA) is 70.2 Å². The molecule has 0 spiro atoms. The number of hydrogen-bond acceptors (Lipinski definition) is 5. The van der Waals surface area contributed by atoms with Crippen LogP contribution in [-0.2, 0) is 20.6 Å². The highest BCUT2D eigenvalue weighted by atomic mass is 35.5. The maximum atomic E-state index is 14.1. The van der Waals surface area contributed by atoms with Gasteiger partial charge in [0.2, 0.25) is 15.9 Å². The Morgan fingerprint density at radius 3 is 2.26 bits per heavy atom.